The molecule has 1 heterocycles. The number of imidazole rings is 1. The molecule has 1 amide bonds. The minimum absolute atomic E-state index is 0.0413. The van der Waals surface area contributed by atoms with E-state index in [9.17, 15) is 22.8 Å². The molecule has 0 saturated heterocycles. The number of carbonyl (C=O) groups excluding carboxylic acids is 1. The molecule has 0 unspecified atom stereocenters. The summed E-state index contributed by atoms with van der Waals surface area (Å²) >= 11 is 0. The van der Waals surface area contributed by atoms with Crippen molar-refractivity contribution in [2.75, 3.05) is 13.1 Å². The van der Waals surface area contributed by atoms with Crippen molar-refractivity contribution >= 4 is 11.9 Å². The van der Waals surface area contributed by atoms with Gasteiger partial charge in [0.1, 0.15) is 6.04 Å². The minimum atomic E-state index is -4.43. The van der Waals surface area contributed by atoms with Crippen molar-refractivity contribution in [3.05, 3.63) is 18.2 Å². The first kappa shape index (κ1) is 16.0. The Morgan fingerprint density at radius 3 is 2.65 bits per heavy atom. The summed E-state index contributed by atoms with van der Waals surface area (Å²) in [6.07, 6.45) is -1.73. The molecule has 20 heavy (non-hydrogen) atoms. The Morgan fingerprint density at radius 1 is 1.45 bits per heavy atom. The molecule has 7 nitrogen and oxygen atoms in total. The van der Waals surface area contributed by atoms with Gasteiger partial charge in [-0.3, -0.25) is 4.79 Å². The molecule has 1 rings (SSSR count). The maximum absolute atomic E-state index is 11.8. The van der Waals surface area contributed by atoms with Crippen LogP contribution in [0.2, 0.25) is 0 Å². The van der Waals surface area contributed by atoms with Gasteiger partial charge >= 0.3 is 12.1 Å². The van der Waals surface area contributed by atoms with E-state index in [1.807, 2.05) is 5.32 Å². The van der Waals surface area contributed by atoms with E-state index in [0.717, 1.165) is 0 Å². The molecule has 1 aromatic rings. The first-order valence-corrected chi connectivity index (χ1v) is 5.55. The molecule has 4 N–H and O–H groups in total. The van der Waals surface area contributed by atoms with E-state index in [0.29, 0.717) is 5.69 Å². The van der Waals surface area contributed by atoms with E-state index in [-0.39, 0.29) is 6.42 Å². The van der Waals surface area contributed by atoms with Crippen LogP contribution in [0, 0.1) is 0 Å². The number of aromatic amines is 1. The summed E-state index contributed by atoms with van der Waals surface area (Å²) in [5, 5.41) is 12.9. The number of nitrogens with one attached hydrogen (secondary N) is 3. The van der Waals surface area contributed by atoms with Gasteiger partial charge in [-0.05, 0) is 0 Å². The largest absolute Gasteiger partial charge is 0.480 e. The van der Waals surface area contributed by atoms with Gasteiger partial charge < -0.3 is 20.7 Å². The summed E-state index contributed by atoms with van der Waals surface area (Å²) in [6.45, 7) is -1.94. The minimum Gasteiger partial charge on any atom is -0.480 e. The summed E-state index contributed by atoms with van der Waals surface area (Å²) < 4.78 is 35.5. The molecule has 10 heteroatoms. The van der Waals surface area contributed by atoms with Gasteiger partial charge in [0.25, 0.3) is 0 Å². The van der Waals surface area contributed by atoms with Gasteiger partial charge in [0.2, 0.25) is 5.91 Å². The fraction of sp³-hybridized carbons (Fsp3) is 0.500. The molecule has 1 atom stereocenters. The number of hydrogen-bond acceptors (Lipinski definition) is 4. The van der Waals surface area contributed by atoms with Gasteiger partial charge in [-0.25, -0.2) is 9.78 Å². The quantitative estimate of drug-likeness (QED) is 0.551. The van der Waals surface area contributed by atoms with Crippen LogP contribution in [-0.4, -0.2) is 52.3 Å². The molecule has 112 valence electrons. The highest BCUT2D eigenvalue weighted by Gasteiger charge is 2.27. The first-order chi connectivity index (χ1) is 9.28. The number of aromatic nitrogens is 2. The number of carboxylic acids is 1. The highest BCUT2D eigenvalue weighted by molar-refractivity contribution is 5.84. The molecular formula is C10H13F3N4O3. The van der Waals surface area contributed by atoms with Crippen LogP contribution in [0.25, 0.3) is 0 Å². The Balaban J connectivity index is 2.41. The average Bonchev–Trinajstić information content (AvgIpc) is 2.79. The lowest BCUT2D eigenvalue weighted by atomic mass is 10.1. The van der Waals surface area contributed by atoms with Crippen molar-refractivity contribution in [2.24, 2.45) is 0 Å². The van der Waals surface area contributed by atoms with E-state index in [4.69, 9.17) is 5.11 Å². The van der Waals surface area contributed by atoms with Crippen LogP contribution in [0.1, 0.15) is 5.69 Å². The van der Waals surface area contributed by atoms with Gasteiger partial charge in [0.05, 0.1) is 19.4 Å². The lowest BCUT2D eigenvalue weighted by Crippen LogP contribution is -2.46. The summed E-state index contributed by atoms with van der Waals surface area (Å²) in [7, 11) is 0. The first-order valence-electron chi connectivity index (χ1n) is 5.55. The molecule has 0 saturated carbocycles. The molecule has 0 fully saturated rings. The van der Waals surface area contributed by atoms with E-state index >= 15 is 0 Å². The number of halogens is 3. The zero-order valence-corrected chi connectivity index (χ0v) is 10.2. The smallest absolute Gasteiger partial charge is 0.401 e. The number of rotatable bonds is 7. The highest BCUT2D eigenvalue weighted by Crippen LogP contribution is 2.11. The van der Waals surface area contributed by atoms with Crippen LogP contribution in [-0.2, 0) is 16.0 Å². The lowest BCUT2D eigenvalue weighted by Gasteiger charge is -2.14. The van der Waals surface area contributed by atoms with Crippen molar-refractivity contribution < 1.29 is 27.9 Å². The molecular weight excluding hydrogens is 281 g/mol. The second-order valence-electron chi connectivity index (χ2n) is 3.96. The molecule has 1 aromatic heterocycles. The zero-order valence-electron chi connectivity index (χ0n) is 10.2. The van der Waals surface area contributed by atoms with Crippen molar-refractivity contribution in [3.63, 3.8) is 0 Å². The molecule has 0 bridgehead atoms. The second kappa shape index (κ2) is 6.89. The Hall–Kier alpha value is -2.10. The molecule has 0 radical (unpaired) electrons. The van der Waals surface area contributed by atoms with Crippen LogP contribution >= 0.6 is 0 Å². The molecule has 0 aromatic carbocycles. The number of aliphatic carboxylic acids is 1. The molecule has 0 aliphatic carbocycles. The maximum Gasteiger partial charge on any atom is 0.401 e. The molecule has 0 spiro atoms. The van der Waals surface area contributed by atoms with Crippen LogP contribution in [0.4, 0.5) is 13.2 Å². The van der Waals surface area contributed by atoms with Gasteiger partial charge in [0, 0.05) is 18.3 Å². The fourth-order valence-electron chi connectivity index (χ4n) is 1.38. The van der Waals surface area contributed by atoms with Gasteiger partial charge in [-0.1, -0.05) is 0 Å². The summed E-state index contributed by atoms with van der Waals surface area (Å²) in [6, 6.07) is -1.24. The summed E-state index contributed by atoms with van der Waals surface area (Å²) in [5.41, 5.74) is 0.487. The van der Waals surface area contributed by atoms with Crippen LogP contribution in [0.3, 0.4) is 0 Å². The lowest BCUT2D eigenvalue weighted by molar-refractivity contribution is -0.142. The predicted molar refractivity (Wildman–Crippen MR) is 60.8 cm³/mol. The van der Waals surface area contributed by atoms with Crippen LogP contribution in [0.15, 0.2) is 12.5 Å². The average molecular weight is 294 g/mol. The SMILES string of the molecule is O=C(CNCC(F)(F)F)N[C@H](Cc1cnc[nH]1)C(=O)O. The van der Waals surface area contributed by atoms with Crippen molar-refractivity contribution in [3.8, 4) is 0 Å². The third-order valence-corrected chi connectivity index (χ3v) is 2.22. The number of amides is 1. The standard InChI is InChI=1S/C10H13F3N4O3/c11-10(12,13)4-14-3-8(18)17-7(9(19)20)1-6-2-15-5-16-6/h2,5,7,14H,1,3-4H2,(H,15,16)(H,17,18)(H,19,20)/t7-/m1/s1. The number of carboxylic acid groups (broad SMARTS) is 1. The van der Waals surface area contributed by atoms with Crippen molar-refractivity contribution in [1.82, 2.24) is 20.6 Å². The summed E-state index contributed by atoms with van der Waals surface area (Å²) in [4.78, 5) is 28.6. The van der Waals surface area contributed by atoms with Crippen LogP contribution < -0.4 is 10.6 Å². The van der Waals surface area contributed by atoms with Gasteiger partial charge in [-0.15, -0.1) is 0 Å². The fourth-order valence-corrected chi connectivity index (χ4v) is 1.38. The number of H-pyrrole nitrogens is 1. The number of hydrogen-bond donors (Lipinski definition) is 4. The Bertz CT molecular complexity index is 447. The molecule has 0 aliphatic heterocycles. The number of nitrogens with zero attached hydrogens (tertiary/aromatic N) is 1. The highest BCUT2D eigenvalue weighted by atomic mass is 19.4. The number of alkyl halides is 3. The van der Waals surface area contributed by atoms with Crippen molar-refractivity contribution in [2.45, 2.75) is 18.6 Å². The maximum atomic E-state index is 11.8. The third kappa shape index (κ3) is 6.18. The van der Waals surface area contributed by atoms with E-state index < -0.39 is 37.2 Å². The van der Waals surface area contributed by atoms with E-state index in [1.54, 1.807) is 0 Å². The Kier molecular flexibility index (Phi) is 5.50. The van der Waals surface area contributed by atoms with Gasteiger partial charge in [0.15, 0.2) is 0 Å². The predicted octanol–water partition coefficient (Wildman–Crippen LogP) is -0.327. The zero-order chi connectivity index (χ0) is 15.2. The number of carbonyl (C=O) groups is 2. The normalized spacial score (nSPS) is 12.9. The van der Waals surface area contributed by atoms with Crippen molar-refractivity contribution in [1.29, 1.82) is 0 Å². The second-order valence-corrected chi connectivity index (χ2v) is 3.96. The van der Waals surface area contributed by atoms with Crippen LogP contribution in [0.5, 0.6) is 0 Å². The Morgan fingerprint density at radius 2 is 2.15 bits per heavy atom. The summed E-state index contributed by atoms with van der Waals surface area (Å²) in [5.74, 6) is -2.12. The van der Waals surface area contributed by atoms with Gasteiger partial charge in [-0.2, -0.15) is 13.2 Å². The third-order valence-electron chi connectivity index (χ3n) is 2.22. The van der Waals surface area contributed by atoms with E-state index in [2.05, 4.69) is 15.3 Å². The monoisotopic (exact) mass is 294 g/mol. The topological polar surface area (TPSA) is 107 Å². The van der Waals surface area contributed by atoms with E-state index in [1.165, 1.54) is 12.5 Å². The molecule has 0 aliphatic rings. The Labute approximate surface area is 111 Å².